The normalized spacial score (nSPS) is 25.8. The molecule has 0 bridgehead atoms. The van der Waals surface area contributed by atoms with E-state index < -0.39 is 0 Å². The number of rotatable bonds is 7. The van der Waals surface area contributed by atoms with Crippen molar-refractivity contribution in [2.75, 3.05) is 11.5 Å². The zero-order valence-corrected chi connectivity index (χ0v) is 15.4. The van der Waals surface area contributed by atoms with Crippen molar-refractivity contribution in [3.8, 4) is 5.75 Å². The van der Waals surface area contributed by atoms with E-state index in [-0.39, 0.29) is 5.60 Å². The van der Waals surface area contributed by atoms with E-state index in [0.29, 0.717) is 6.61 Å². The van der Waals surface area contributed by atoms with Crippen LogP contribution in [0.4, 0.5) is 0 Å². The van der Waals surface area contributed by atoms with Crippen molar-refractivity contribution in [1.29, 1.82) is 0 Å². The Balaban J connectivity index is 1.90. The monoisotopic (exact) mass is 402 g/mol. The highest BCUT2D eigenvalue weighted by atomic mass is 127. The minimum atomic E-state index is 0.0911. The molecule has 0 saturated heterocycles. The first-order valence-electron chi connectivity index (χ1n) is 8.04. The molecule has 0 N–H and O–H groups in total. The highest BCUT2D eigenvalue weighted by molar-refractivity contribution is 14.1. The first-order valence-corrected chi connectivity index (χ1v) is 9.57. The summed E-state index contributed by atoms with van der Waals surface area (Å²) in [4.78, 5) is 0. The minimum absolute atomic E-state index is 0.0911. The summed E-state index contributed by atoms with van der Waals surface area (Å²) < 4.78 is 12.7. The van der Waals surface area contributed by atoms with Crippen LogP contribution in [-0.2, 0) is 11.3 Å². The molecular formula is C18H27IO2. The van der Waals surface area contributed by atoms with Crippen molar-refractivity contribution in [2.45, 2.75) is 57.7 Å². The van der Waals surface area contributed by atoms with Crippen LogP contribution in [0, 0.1) is 5.92 Å². The molecule has 1 aliphatic carbocycles. The van der Waals surface area contributed by atoms with Crippen molar-refractivity contribution in [3.63, 3.8) is 0 Å². The van der Waals surface area contributed by atoms with Gasteiger partial charge >= 0.3 is 0 Å². The second-order valence-corrected chi connectivity index (χ2v) is 6.95. The molecule has 0 aromatic heterocycles. The molecular weight excluding hydrogens is 375 g/mol. The van der Waals surface area contributed by atoms with Gasteiger partial charge in [0, 0.05) is 4.43 Å². The van der Waals surface area contributed by atoms with Crippen LogP contribution >= 0.6 is 22.6 Å². The maximum atomic E-state index is 6.37. The maximum Gasteiger partial charge on any atom is 0.119 e. The topological polar surface area (TPSA) is 18.5 Å². The molecule has 1 aliphatic rings. The fourth-order valence-corrected chi connectivity index (χ4v) is 4.20. The third-order valence-corrected chi connectivity index (χ3v) is 6.03. The molecule has 1 fully saturated rings. The number of methoxy groups -OCH3 is 1. The van der Waals surface area contributed by atoms with Gasteiger partial charge in [0.1, 0.15) is 5.75 Å². The number of alkyl halides is 1. The SMILES string of the molecule is CCCC1CCC(CI)(OCc2cccc(OC)c2)CC1. The van der Waals surface area contributed by atoms with Crippen LogP contribution in [-0.4, -0.2) is 17.1 Å². The van der Waals surface area contributed by atoms with Crippen molar-refractivity contribution in [1.82, 2.24) is 0 Å². The van der Waals surface area contributed by atoms with Crippen molar-refractivity contribution < 1.29 is 9.47 Å². The highest BCUT2D eigenvalue weighted by Gasteiger charge is 2.35. The van der Waals surface area contributed by atoms with Gasteiger partial charge in [-0.2, -0.15) is 0 Å². The summed E-state index contributed by atoms with van der Waals surface area (Å²) in [6.07, 6.45) is 7.78. The number of benzene rings is 1. The second kappa shape index (κ2) is 8.37. The molecule has 1 saturated carbocycles. The number of ether oxygens (including phenoxy) is 2. The Labute approximate surface area is 142 Å². The molecule has 21 heavy (non-hydrogen) atoms. The van der Waals surface area contributed by atoms with E-state index in [9.17, 15) is 0 Å². The van der Waals surface area contributed by atoms with E-state index in [4.69, 9.17) is 9.47 Å². The van der Waals surface area contributed by atoms with Gasteiger partial charge in [0.15, 0.2) is 0 Å². The average molecular weight is 402 g/mol. The highest BCUT2D eigenvalue weighted by Crippen LogP contribution is 2.38. The van der Waals surface area contributed by atoms with E-state index in [1.807, 2.05) is 12.1 Å². The lowest BCUT2D eigenvalue weighted by atomic mass is 9.78. The van der Waals surface area contributed by atoms with Crippen LogP contribution in [0.2, 0.25) is 0 Å². The lowest BCUT2D eigenvalue weighted by molar-refractivity contribution is -0.0694. The number of hydrogen-bond donors (Lipinski definition) is 0. The zero-order valence-electron chi connectivity index (χ0n) is 13.2. The van der Waals surface area contributed by atoms with Gasteiger partial charge in [-0.1, -0.05) is 54.5 Å². The summed E-state index contributed by atoms with van der Waals surface area (Å²) in [5, 5.41) is 0. The molecule has 0 unspecified atom stereocenters. The van der Waals surface area contributed by atoms with Gasteiger partial charge in [0.25, 0.3) is 0 Å². The molecule has 1 aromatic carbocycles. The minimum Gasteiger partial charge on any atom is -0.497 e. The smallest absolute Gasteiger partial charge is 0.119 e. The van der Waals surface area contributed by atoms with Crippen LogP contribution in [0.25, 0.3) is 0 Å². The Bertz CT molecular complexity index is 425. The van der Waals surface area contributed by atoms with E-state index in [1.54, 1.807) is 7.11 Å². The van der Waals surface area contributed by atoms with Crippen LogP contribution < -0.4 is 4.74 Å². The summed E-state index contributed by atoms with van der Waals surface area (Å²) in [5.74, 6) is 1.83. The van der Waals surface area contributed by atoms with Crippen molar-refractivity contribution >= 4 is 22.6 Å². The van der Waals surface area contributed by atoms with Gasteiger partial charge in [0.05, 0.1) is 19.3 Å². The lowest BCUT2D eigenvalue weighted by Crippen LogP contribution is -2.38. The maximum absolute atomic E-state index is 6.37. The standard InChI is InChI=1S/C18H27IO2/c1-3-5-15-8-10-18(14-19,11-9-15)21-13-16-6-4-7-17(12-16)20-2/h4,6-7,12,15H,3,5,8-11,13-14H2,1-2H3. The number of halogens is 1. The van der Waals surface area contributed by atoms with Gasteiger partial charge < -0.3 is 9.47 Å². The predicted molar refractivity (Wildman–Crippen MR) is 96.3 cm³/mol. The molecule has 1 aromatic rings. The Morgan fingerprint density at radius 1 is 1.29 bits per heavy atom. The summed E-state index contributed by atoms with van der Waals surface area (Å²) in [6.45, 7) is 2.98. The molecule has 0 heterocycles. The van der Waals surface area contributed by atoms with E-state index in [1.165, 1.54) is 44.1 Å². The molecule has 3 heteroatoms. The fraction of sp³-hybridized carbons (Fsp3) is 0.667. The quantitative estimate of drug-likeness (QED) is 0.451. The van der Waals surface area contributed by atoms with Crippen LogP contribution in [0.15, 0.2) is 24.3 Å². The predicted octanol–water partition coefficient (Wildman–Crippen LogP) is 5.38. The average Bonchev–Trinajstić information content (AvgIpc) is 2.55. The Hall–Kier alpha value is -0.290. The van der Waals surface area contributed by atoms with Gasteiger partial charge in [0.2, 0.25) is 0 Å². The van der Waals surface area contributed by atoms with Crippen molar-refractivity contribution in [2.24, 2.45) is 5.92 Å². The van der Waals surface area contributed by atoms with E-state index in [0.717, 1.165) is 16.1 Å². The Morgan fingerprint density at radius 3 is 2.67 bits per heavy atom. The van der Waals surface area contributed by atoms with Gasteiger partial charge in [-0.3, -0.25) is 0 Å². The summed E-state index contributed by atoms with van der Waals surface area (Å²) >= 11 is 2.50. The van der Waals surface area contributed by atoms with Crippen molar-refractivity contribution in [3.05, 3.63) is 29.8 Å². The molecule has 2 nitrogen and oxygen atoms in total. The van der Waals surface area contributed by atoms with E-state index >= 15 is 0 Å². The summed E-state index contributed by atoms with van der Waals surface area (Å²) in [6, 6.07) is 8.20. The van der Waals surface area contributed by atoms with Gasteiger partial charge in [-0.05, 0) is 49.3 Å². The summed E-state index contributed by atoms with van der Waals surface area (Å²) in [7, 11) is 1.71. The first-order chi connectivity index (χ1) is 10.2. The van der Waals surface area contributed by atoms with Crippen LogP contribution in [0.5, 0.6) is 5.75 Å². The zero-order chi connectivity index (χ0) is 15.1. The molecule has 0 atom stereocenters. The van der Waals surface area contributed by atoms with Crippen LogP contribution in [0.1, 0.15) is 51.0 Å². The Morgan fingerprint density at radius 2 is 2.05 bits per heavy atom. The molecule has 0 aliphatic heterocycles. The molecule has 0 spiro atoms. The van der Waals surface area contributed by atoms with Gasteiger partial charge in [-0.25, -0.2) is 0 Å². The number of hydrogen-bond acceptors (Lipinski definition) is 2. The summed E-state index contributed by atoms with van der Waals surface area (Å²) in [5.41, 5.74) is 1.29. The molecule has 2 rings (SSSR count). The molecule has 0 amide bonds. The molecule has 0 radical (unpaired) electrons. The third kappa shape index (κ3) is 4.85. The fourth-order valence-electron chi connectivity index (χ4n) is 3.22. The first kappa shape index (κ1) is 17.1. The van der Waals surface area contributed by atoms with E-state index in [2.05, 4.69) is 41.6 Å². The lowest BCUT2D eigenvalue weighted by Gasteiger charge is -2.39. The van der Waals surface area contributed by atoms with Gasteiger partial charge in [-0.15, -0.1) is 0 Å². The second-order valence-electron chi connectivity index (χ2n) is 6.19. The molecule has 118 valence electrons. The Kier molecular flexibility index (Phi) is 6.80. The van der Waals surface area contributed by atoms with Crippen LogP contribution in [0.3, 0.4) is 0 Å². The third-order valence-electron chi connectivity index (χ3n) is 4.64. The largest absolute Gasteiger partial charge is 0.497 e.